The summed E-state index contributed by atoms with van der Waals surface area (Å²) in [5.74, 6) is 1.06. The summed E-state index contributed by atoms with van der Waals surface area (Å²) in [6, 6.07) is 18.9. The van der Waals surface area contributed by atoms with Crippen molar-refractivity contribution < 1.29 is 14.3 Å². The summed E-state index contributed by atoms with van der Waals surface area (Å²) in [6.07, 6.45) is 1.04. The Morgan fingerprint density at radius 3 is 2.58 bits per heavy atom. The summed E-state index contributed by atoms with van der Waals surface area (Å²) in [5.41, 5.74) is 2.00. The summed E-state index contributed by atoms with van der Waals surface area (Å²) in [7, 11) is 0. The second kappa shape index (κ2) is 9.11. The van der Waals surface area contributed by atoms with Gasteiger partial charge in [-0.25, -0.2) is 14.7 Å². The lowest BCUT2D eigenvalue weighted by Gasteiger charge is -2.29. The molecule has 170 valence electrons. The van der Waals surface area contributed by atoms with Crippen LogP contribution in [0.3, 0.4) is 0 Å². The van der Waals surface area contributed by atoms with Gasteiger partial charge in [0.25, 0.3) is 0 Å². The lowest BCUT2D eigenvalue weighted by Crippen LogP contribution is -2.35. The molecule has 0 atom stereocenters. The Kier molecular flexibility index (Phi) is 6.24. The minimum atomic E-state index is -0.704. The van der Waals surface area contributed by atoms with Crippen LogP contribution in [0.2, 0.25) is 5.15 Å². The van der Waals surface area contributed by atoms with Crippen LogP contribution in [0.15, 0.2) is 66.9 Å². The third-order valence-corrected chi connectivity index (χ3v) is 5.16. The topological polar surface area (TPSA) is 69.0 Å². The molecule has 0 aliphatic rings. The van der Waals surface area contributed by atoms with Gasteiger partial charge in [0.15, 0.2) is 11.5 Å². The SMILES string of the molecule is Cc1c(Cl)nc2ccnn2c1N(C(=O)OC(C)(C)C)c1cccc(OCc2ccccc2)c1. The van der Waals surface area contributed by atoms with Gasteiger partial charge in [0.2, 0.25) is 0 Å². The molecule has 2 aromatic heterocycles. The molecule has 2 aromatic carbocycles. The summed E-state index contributed by atoms with van der Waals surface area (Å²) in [6.45, 7) is 7.65. The first-order valence-corrected chi connectivity index (χ1v) is 10.9. The molecule has 7 nitrogen and oxygen atoms in total. The summed E-state index contributed by atoms with van der Waals surface area (Å²) in [5, 5.41) is 4.64. The van der Waals surface area contributed by atoms with Gasteiger partial charge in [0, 0.05) is 17.7 Å². The zero-order valence-electron chi connectivity index (χ0n) is 18.9. The molecule has 0 radical (unpaired) electrons. The second-order valence-electron chi connectivity index (χ2n) is 8.54. The minimum Gasteiger partial charge on any atom is -0.489 e. The molecule has 0 N–H and O–H groups in total. The highest BCUT2D eigenvalue weighted by molar-refractivity contribution is 6.30. The van der Waals surface area contributed by atoms with Gasteiger partial charge in [0.1, 0.15) is 23.1 Å². The van der Waals surface area contributed by atoms with Gasteiger partial charge >= 0.3 is 6.09 Å². The van der Waals surface area contributed by atoms with E-state index in [1.807, 2.05) is 69.3 Å². The molecule has 8 heteroatoms. The van der Waals surface area contributed by atoms with Crippen molar-refractivity contribution in [2.24, 2.45) is 0 Å². The summed E-state index contributed by atoms with van der Waals surface area (Å²) in [4.78, 5) is 19.2. The van der Waals surface area contributed by atoms with E-state index < -0.39 is 11.7 Å². The molecular weight excluding hydrogens is 440 g/mol. The van der Waals surface area contributed by atoms with E-state index in [4.69, 9.17) is 21.1 Å². The van der Waals surface area contributed by atoms with Crippen molar-refractivity contribution in [3.63, 3.8) is 0 Å². The van der Waals surface area contributed by atoms with E-state index in [0.717, 1.165) is 5.56 Å². The lowest BCUT2D eigenvalue weighted by atomic mass is 10.2. The Hall–Kier alpha value is -3.58. The zero-order valence-corrected chi connectivity index (χ0v) is 19.7. The number of carbonyl (C=O) groups excluding carboxylic acids is 1. The van der Waals surface area contributed by atoms with Crippen LogP contribution in [-0.2, 0) is 11.3 Å². The molecule has 0 saturated heterocycles. The van der Waals surface area contributed by atoms with Crippen molar-refractivity contribution in [2.45, 2.75) is 39.9 Å². The monoisotopic (exact) mass is 464 g/mol. The van der Waals surface area contributed by atoms with E-state index in [1.54, 1.807) is 29.8 Å². The Bertz CT molecular complexity index is 1280. The zero-order chi connectivity index (χ0) is 23.6. The van der Waals surface area contributed by atoms with Gasteiger partial charge in [-0.2, -0.15) is 9.61 Å². The van der Waals surface area contributed by atoms with Crippen molar-refractivity contribution in [2.75, 3.05) is 4.90 Å². The fraction of sp³-hybridized carbons (Fsp3) is 0.240. The van der Waals surface area contributed by atoms with Crippen molar-refractivity contribution in [1.82, 2.24) is 14.6 Å². The predicted octanol–water partition coefficient (Wildman–Crippen LogP) is 6.34. The van der Waals surface area contributed by atoms with Gasteiger partial charge in [0.05, 0.1) is 11.9 Å². The fourth-order valence-corrected chi connectivity index (χ4v) is 3.49. The van der Waals surface area contributed by atoms with Crippen LogP contribution < -0.4 is 9.64 Å². The molecular formula is C25H25ClN4O3. The standard InChI is InChI=1S/C25H25ClN4O3/c1-17-22(26)28-21-13-14-27-30(21)23(17)29(24(31)33-25(2,3)4)19-11-8-12-20(15-19)32-16-18-9-6-5-7-10-18/h5-15H,16H2,1-4H3. The second-order valence-corrected chi connectivity index (χ2v) is 8.90. The summed E-state index contributed by atoms with van der Waals surface area (Å²) >= 11 is 6.41. The van der Waals surface area contributed by atoms with Crippen LogP contribution in [0.5, 0.6) is 5.75 Å². The number of amides is 1. The van der Waals surface area contributed by atoms with Crippen molar-refractivity contribution in [3.05, 3.63) is 83.1 Å². The molecule has 0 aliphatic heterocycles. The van der Waals surface area contributed by atoms with Gasteiger partial charge < -0.3 is 9.47 Å². The number of fused-ring (bicyclic) bond motifs is 1. The predicted molar refractivity (Wildman–Crippen MR) is 128 cm³/mol. The van der Waals surface area contributed by atoms with Crippen LogP contribution in [0.25, 0.3) is 5.65 Å². The number of anilines is 2. The number of aromatic nitrogens is 3. The number of nitrogens with zero attached hydrogens (tertiary/aromatic N) is 4. The average Bonchev–Trinajstić information content (AvgIpc) is 3.23. The number of benzene rings is 2. The van der Waals surface area contributed by atoms with Crippen LogP contribution in [0.1, 0.15) is 31.9 Å². The van der Waals surface area contributed by atoms with Crippen LogP contribution >= 0.6 is 11.6 Å². The van der Waals surface area contributed by atoms with E-state index in [2.05, 4.69) is 10.1 Å². The van der Waals surface area contributed by atoms with Gasteiger partial charge in [-0.15, -0.1) is 0 Å². The quantitative estimate of drug-likeness (QED) is 0.322. The Balaban J connectivity index is 1.78. The van der Waals surface area contributed by atoms with E-state index in [1.165, 1.54) is 4.90 Å². The highest BCUT2D eigenvalue weighted by Crippen LogP contribution is 2.35. The van der Waals surface area contributed by atoms with Gasteiger partial charge in [-0.1, -0.05) is 48.0 Å². The number of rotatable bonds is 5. The van der Waals surface area contributed by atoms with E-state index >= 15 is 0 Å². The van der Waals surface area contributed by atoms with E-state index in [9.17, 15) is 4.79 Å². The molecule has 33 heavy (non-hydrogen) atoms. The maximum absolute atomic E-state index is 13.4. The number of halogens is 1. The highest BCUT2D eigenvalue weighted by atomic mass is 35.5. The normalized spacial score (nSPS) is 11.4. The molecule has 0 fully saturated rings. The average molecular weight is 465 g/mol. The van der Waals surface area contributed by atoms with Crippen LogP contribution in [0, 0.1) is 6.92 Å². The number of hydrogen-bond acceptors (Lipinski definition) is 5. The molecule has 4 aromatic rings. The molecule has 1 amide bonds. The maximum Gasteiger partial charge on any atom is 0.420 e. The molecule has 0 saturated carbocycles. The fourth-order valence-electron chi connectivity index (χ4n) is 3.32. The first-order chi connectivity index (χ1) is 15.7. The largest absolute Gasteiger partial charge is 0.489 e. The first kappa shape index (κ1) is 22.6. The smallest absolute Gasteiger partial charge is 0.420 e. The van der Waals surface area contributed by atoms with E-state index in [0.29, 0.717) is 35.1 Å². The van der Waals surface area contributed by atoms with Gasteiger partial charge in [-0.3, -0.25) is 0 Å². The van der Waals surface area contributed by atoms with E-state index in [-0.39, 0.29) is 5.15 Å². The van der Waals surface area contributed by atoms with Gasteiger partial charge in [-0.05, 0) is 45.4 Å². The molecule has 0 unspecified atom stereocenters. The third kappa shape index (κ3) is 5.09. The molecule has 0 aliphatic carbocycles. The molecule has 2 heterocycles. The molecule has 0 bridgehead atoms. The molecule has 0 spiro atoms. The van der Waals surface area contributed by atoms with Crippen molar-refractivity contribution in [1.29, 1.82) is 0 Å². The van der Waals surface area contributed by atoms with Crippen molar-refractivity contribution in [3.8, 4) is 5.75 Å². The number of ether oxygens (including phenoxy) is 2. The summed E-state index contributed by atoms with van der Waals surface area (Å²) < 4.78 is 13.3. The van der Waals surface area contributed by atoms with Crippen molar-refractivity contribution >= 4 is 34.8 Å². The Labute approximate surface area is 197 Å². The van der Waals surface area contributed by atoms with Crippen LogP contribution in [-0.4, -0.2) is 26.3 Å². The number of hydrogen-bond donors (Lipinski definition) is 0. The molecule has 4 rings (SSSR count). The maximum atomic E-state index is 13.4. The first-order valence-electron chi connectivity index (χ1n) is 10.5. The minimum absolute atomic E-state index is 0.281. The lowest BCUT2D eigenvalue weighted by molar-refractivity contribution is 0.0597. The Morgan fingerprint density at radius 1 is 1.09 bits per heavy atom. The Morgan fingerprint density at radius 2 is 1.85 bits per heavy atom. The number of carbonyl (C=O) groups is 1. The highest BCUT2D eigenvalue weighted by Gasteiger charge is 2.29. The van der Waals surface area contributed by atoms with Crippen LogP contribution in [0.4, 0.5) is 16.3 Å². The third-order valence-electron chi connectivity index (χ3n) is 4.79.